The first-order valence-electron chi connectivity index (χ1n) is 6.96. The Kier molecular flexibility index (Phi) is 6.33. The molecule has 2 rings (SSSR count). The molecule has 0 atom stereocenters. The van der Waals surface area contributed by atoms with Crippen LogP contribution in [0.3, 0.4) is 0 Å². The van der Waals surface area contributed by atoms with Gasteiger partial charge in [-0.15, -0.1) is 0 Å². The average molecular weight is 320 g/mol. The summed E-state index contributed by atoms with van der Waals surface area (Å²) < 4.78 is 0. The molecular formula is C16H18ClN3O2. The average Bonchev–Trinajstić information content (AvgIpc) is 2.51. The molecule has 0 bridgehead atoms. The quantitative estimate of drug-likeness (QED) is 0.768. The van der Waals surface area contributed by atoms with E-state index in [1.54, 1.807) is 18.3 Å². The van der Waals surface area contributed by atoms with Crippen molar-refractivity contribution < 1.29 is 9.90 Å². The summed E-state index contributed by atoms with van der Waals surface area (Å²) in [5.41, 5.74) is 1.57. The summed E-state index contributed by atoms with van der Waals surface area (Å²) in [5, 5.41) is 12.1. The fraction of sp³-hybridized carbons (Fsp3) is 0.250. The molecule has 2 aromatic rings. The van der Waals surface area contributed by atoms with E-state index in [2.05, 4.69) is 10.3 Å². The molecule has 5 nitrogen and oxygen atoms in total. The van der Waals surface area contributed by atoms with Crippen LogP contribution in [0.2, 0.25) is 5.15 Å². The number of hydrogen-bond donors (Lipinski definition) is 2. The number of anilines is 1. The van der Waals surface area contributed by atoms with Crippen LogP contribution in [0.1, 0.15) is 5.56 Å². The minimum Gasteiger partial charge on any atom is -0.395 e. The number of rotatable bonds is 7. The molecule has 1 amide bonds. The lowest BCUT2D eigenvalue weighted by atomic mass is 10.2. The van der Waals surface area contributed by atoms with Gasteiger partial charge in [-0.1, -0.05) is 41.9 Å². The molecule has 0 unspecified atom stereocenters. The van der Waals surface area contributed by atoms with Gasteiger partial charge in [0.25, 0.3) is 0 Å². The molecule has 0 saturated carbocycles. The zero-order valence-corrected chi connectivity index (χ0v) is 12.8. The van der Waals surface area contributed by atoms with Crippen molar-refractivity contribution in [1.29, 1.82) is 0 Å². The standard InChI is InChI=1S/C16H18ClN3O2/c17-16-14(7-4-8-18-16)19-15(22)12-20(9-10-21)11-13-5-2-1-3-6-13/h1-8,21H,9-12H2,(H,19,22). The Morgan fingerprint density at radius 2 is 2.00 bits per heavy atom. The van der Waals surface area contributed by atoms with Gasteiger partial charge in [0.05, 0.1) is 18.8 Å². The third-order valence-corrected chi connectivity index (χ3v) is 3.37. The third-order valence-electron chi connectivity index (χ3n) is 3.07. The van der Waals surface area contributed by atoms with Gasteiger partial charge in [-0.25, -0.2) is 4.98 Å². The molecule has 0 aliphatic heterocycles. The second-order valence-corrected chi connectivity index (χ2v) is 5.17. The number of carbonyl (C=O) groups excluding carboxylic acids is 1. The Hall–Kier alpha value is -1.95. The largest absolute Gasteiger partial charge is 0.395 e. The van der Waals surface area contributed by atoms with Gasteiger partial charge in [0.15, 0.2) is 5.15 Å². The normalized spacial score (nSPS) is 10.7. The number of nitrogens with one attached hydrogen (secondary N) is 1. The zero-order chi connectivity index (χ0) is 15.8. The molecule has 1 heterocycles. The highest BCUT2D eigenvalue weighted by Crippen LogP contribution is 2.17. The Balaban J connectivity index is 1.95. The van der Waals surface area contributed by atoms with Gasteiger partial charge in [0.1, 0.15) is 0 Å². The van der Waals surface area contributed by atoms with Crippen LogP contribution >= 0.6 is 11.6 Å². The molecule has 2 N–H and O–H groups in total. The summed E-state index contributed by atoms with van der Waals surface area (Å²) in [6.45, 7) is 1.17. The van der Waals surface area contributed by atoms with E-state index >= 15 is 0 Å². The highest BCUT2D eigenvalue weighted by molar-refractivity contribution is 6.32. The van der Waals surface area contributed by atoms with E-state index in [-0.39, 0.29) is 24.2 Å². The molecular weight excluding hydrogens is 302 g/mol. The number of hydrogen-bond acceptors (Lipinski definition) is 4. The van der Waals surface area contributed by atoms with Crippen molar-refractivity contribution in [2.75, 3.05) is 25.0 Å². The molecule has 116 valence electrons. The zero-order valence-electron chi connectivity index (χ0n) is 12.1. The van der Waals surface area contributed by atoms with Gasteiger partial charge in [0.2, 0.25) is 5.91 Å². The van der Waals surface area contributed by atoms with Crippen LogP contribution in [-0.4, -0.2) is 40.6 Å². The first-order valence-corrected chi connectivity index (χ1v) is 7.34. The molecule has 0 spiro atoms. The van der Waals surface area contributed by atoms with Crippen molar-refractivity contribution in [3.8, 4) is 0 Å². The van der Waals surface area contributed by atoms with Crippen molar-refractivity contribution in [3.63, 3.8) is 0 Å². The summed E-state index contributed by atoms with van der Waals surface area (Å²) in [6.07, 6.45) is 1.56. The van der Waals surface area contributed by atoms with Crippen molar-refractivity contribution in [1.82, 2.24) is 9.88 Å². The predicted molar refractivity (Wildman–Crippen MR) is 86.7 cm³/mol. The summed E-state index contributed by atoms with van der Waals surface area (Å²) in [4.78, 5) is 17.9. The lowest BCUT2D eigenvalue weighted by Crippen LogP contribution is -2.34. The SMILES string of the molecule is O=C(CN(CCO)Cc1ccccc1)Nc1cccnc1Cl. The number of aliphatic hydroxyl groups is 1. The molecule has 0 saturated heterocycles. The second-order valence-electron chi connectivity index (χ2n) is 4.81. The molecule has 22 heavy (non-hydrogen) atoms. The minimum absolute atomic E-state index is 0.00619. The number of aromatic nitrogens is 1. The Morgan fingerprint density at radius 3 is 2.68 bits per heavy atom. The molecule has 0 aliphatic rings. The van der Waals surface area contributed by atoms with Crippen LogP contribution < -0.4 is 5.32 Å². The van der Waals surface area contributed by atoms with E-state index in [4.69, 9.17) is 16.7 Å². The number of benzene rings is 1. The Bertz CT molecular complexity index is 607. The number of carbonyl (C=O) groups is 1. The van der Waals surface area contributed by atoms with Gasteiger partial charge < -0.3 is 10.4 Å². The van der Waals surface area contributed by atoms with Crippen molar-refractivity contribution >= 4 is 23.2 Å². The number of halogens is 1. The topological polar surface area (TPSA) is 65.5 Å². The van der Waals surface area contributed by atoms with E-state index in [1.165, 1.54) is 0 Å². The van der Waals surface area contributed by atoms with Gasteiger partial charge in [-0.05, 0) is 17.7 Å². The van der Waals surface area contributed by atoms with Gasteiger partial charge >= 0.3 is 0 Å². The smallest absolute Gasteiger partial charge is 0.238 e. The predicted octanol–water partition coefficient (Wildman–Crippen LogP) is 2.17. The van der Waals surface area contributed by atoms with E-state index < -0.39 is 0 Å². The highest BCUT2D eigenvalue weighted by Gasteiger charge is 2.12. The lowest BCUT2D eigenvalue weighted by Gasteiger charge is -2.21. The fourth-order valence-corrected chi connectivity index (χ4v) is 2.24. The molecule has 0 radical (unpaired) electrons. The van der Waals surface area contributed by atoms with Crippen LogP contribution in [0, 0.1) is 0 Å². The maximum absolute atomic E-state index is 12.1. The summed E-state index contributed by atoms with van der Waals surface area (Å²) in [5.74, 6) is -0.195. The van der Waals surface area contributed by atoms with Gasteiger partial charge in [0, 0.05) is 19.3 Å². The van der Waals surface area contributed by atoms with E-state index in [9.17, 15) is 4.79 Å². The number of aliphatic hydroxyl groups excluding tert-OH is 1. The number of amides is 1. The van der Waals surface area contributed by atoms with Gasteiger partial charge in [-0.3, -0.25) is 9.69 Å². The van der Waals surface area contributed by atoms with Crippen molar-refractivity contribution in [2.45, 2.75) is 6.54 Å². The maximum atomic E-state index is 12.1. The summed E-state index contributed by atoms with van der Waals surface area (Å²) in [6, 6.07) is 13.2. The lowest BCUT2D eigenvalue weighted by molar-refractivity contribution is -0.117. The second kappa shape index (κ2) is 8.48. The number of nitrogens with zero attached hydrogens (tertiary/aromatic N) is 2. The van der Waals surface area contributed by atoms with Crippen LogP contribution in [0.15, 0.2) is 48.7 Å². The molecule has 6 heteroatoms. The van der Waals surface area contributed by atoms with Gasteiger partial charge in [-0.2, -0.15) is 0 Å². The molecule has 1 aromatic heterocycles. The van der Waals surface area contributed by atoms with E-state index in [0.717, 1.165) is 5.56 Å². The monoisotopic (exact) mass is 319 g/mol. The van der Waals surface area contributed by atoms with Crippen LogP contribution in [-0.2, 0) is 11.3 Å². The minimum atomic E-state index is -0.195. The first kappa shape index (κ1) is 16.4. The van der Waals surface area contributed by atoms with Crippen LogP contribution in [0.5, 0.6) is 0 Å². The van der Waals surface area contributed by atoms with Crippen molar-refractivity contribution in [2.24, 2.45) is 0 Å². The first-order chi connectivity index (χ1) is 10.7. The number of pyridine rings is 1. The molecule has 1 aromatic carbocycles. The van der Waals surface area contributed by atoms with E-state index in [0.29, 0.717) is 18.8 Å². The Labute approximate surface area is 134 Å². The summed E-state index contributed by atoms with van der Waals surface area (Å²) >= 11 is 5.92. The van der Waals surface area contributed by atoms with Crippen LogP contribution in [0.4, 0.5) is 5.69 Å². The highest BCUT2D eigenvalue weighted by atomic mass is 35.5. The fourth-order valence-electron chi connectivity index (χ4n) is 2.07. The third kappa shape index (κ3) is 5.11. The maximum Gasteiger partial charge on any atom is 0.238 e. The molecule has 0 fully saturated rings. The summed E-state index contributed by atoms with van der Waals surface area (Å²) in [7, 11) is 0. The van der Waals surface area contributed by atoms with Crippen molar-refractivity contribution in [3.05, 3.63) is 59.4 Å². The Morgan fingerprint density at radius 1 is 1.23 bits per heavy atom. The van der Waals surface area contributed by atoms with Crippen LogP contribution in [0.25, 0.3) is 0 Å². The van der Waals surface area contributed by atoms with E-state index in [1.807, 2.05) is 35.2 Å². The molecule has 0 aliphatic carbocycles.